The van der Waals surface area contributed by atoms with Gasteiger partial charge in [0, 0.05) is 10.6 Å². The van der Waals surface area contributed by atoms with Gasteiger partial charge in [-0.05, 0) is 61.9 Å². The molecule has 0 fully saturated rings. The molecule has 0 saturated heterocycles. The molecule has 0 radical (unpaired) electrons. The van der Waals surface area contributed by atoms with E-state index in [1.165, 1.54) is 0 Å². The van der Waals surface area contributed by atoms with E-state index in [4.69, 9.17) is 4.74 Å². The van der Waals surface area contributed by atoms with Crippen molar-refractivity contribution in [2.45, 2.75) is 25.7 Å². The van der Waals surface area contributed by atoms with Gasteiger partial charge in [0.15, 0.2) is 0 Å². The number of hydrogen-bond acceptors (Lipinski definition) is 4. The molecule has 134 valence electrons. The topological polar surface area (TPSA) is 62.1 Å². The molecule has 4 nitrogen and oxygen atoms in total. The van der Waals surface area contributed by atoms with Crippen LogP contribution in [0.3, 0.4) is 0 Å². The van der Waals surface area contributed by atoms with Gasteiger partial charge in [0.2, 0.25) is 0 Å². The van der Waals surface area contributed by atoms with Gasteiger partial charge in [0.25, 0.3) is 5.91 Å². The van der Waals surface area contributed by atoms with Crippen molar-refractivity contribution in [1.29, 1.82) is 5.26 Å². The van der Waals surface area contributed by atoms with Crippen molar-refractivity contribution in [2.75, 3.05) is 18.7 Å². The average Bonchev–Trinajstić information content (AvgIpc) is 2.62. The molecule has 2 aromatic carbocycles. The van der Waals surface area contributed by atoms with Gasteiger partial charge in [-0.15, -0.1) is 11.8 Å². The number of nitrogens with one attached hydrogen (secondary N) is 1. The number of aryl methyl sites for hydroxylation is 3. The Kier molecular flexibility index (Phi) is 6.48. The molecule has 0 aromatic heterocycles. The lowest BCUT2D eigenvalue weighted by Gasteiger charge is -2.12. The lowest BCUT2D eigenvalue weighted by molar-refractivity contribution is -0.112. The minimum Gasteiger partial charge on any atom is -0.496 e. The normalized spacial score (nSPS) is 11.0. The first-order valence-corrected chi connectivity index (χ1v) is 9.35. The molecule has 0 aliphatic heterocycles. The number of anilines is 1. The van der Waals surface area contributed by atoms with Crippen molar-refractivity contribution in [3.63, 3.8) is 0 Å². The number of carbonyl (C=O) groups is 1. The quantitative estimate of drug-likeness (QED) is 0.465. The Balaban J connectivity index is 2.32. The van der Waals surface area contributed by atoms with Gasteiger partial charge < -0.3 is 10.1 Å². The predicted octanol–water partition coefficient (Wildman–Crippen LogP) is 4.89. The fraction of sp³-hybridized carbons (Fsp3) is 0.238. The third-order valence-electron chi connectivity index (χ3n) is 4.00. The van der Waals surface area contributed by atoms with Crippen molar-refractivity contribution in [3.8, 4) is 11.8 Å². The smallest absolute Gasteiger partial charge is 0.266 e. The number of carbonyl (C=O) groups excluding carboxylic acids is 1. The molecule has 2 aromatic rings. The zero-order chi connectivity index (χ0) is 19.3. The molecule has 0 aliphatic carbocycles. The molecule has 2 rings (SSSR count). The Hall–Kier alpha value is -2.71. The first kappa shape index (κ1) is 19.6. The van der Waals surface area contributed by atoms with E-state index in [2.05, 4.69) is 5.32 Å². The Morgan fingerprint density at radius 3 is 2.38 bits per heavy atom. The summed E-state index contributed by atoms with van der Waals surface area (Å²) >= 11 is 1.58. The Bertz CT molecular complexity index is 888. The van der Waals surface area contributed by atoms with Crippen LogP contribution in [-0.4, -0.2) is 19.3 Å². The molecule has 0 spiro atoms. The summed E-state index contributed by atoms with van der Waals surface area (Å²) in [6.45, 7) is 5.90. The summed E-state index contributed by atoms with van der Waals surface area (Å²) < 4.78 is 5.36. The van der Waals surface area contributed by atoms with E-state index in [-0.39, 0.29) is 5.57 Å². The van der Waals surface area contributed by atoms with Crippen LogP contribution in [0.15, 0.2) is 40.8 Å². The van der Waals surface area contributed by atoms with Crippen LogP contribution in [0.5, 0.6) is 5.75 Å². The highest BCUT2D eigenvalue weighted by Crippen LogP contribution is 2.29. The van der Waals surface area contributed by atoms with Crippen LogP contribution in [-0.2, 0) is 4.79 Å². The van der Waals surface area contributed by atoms with Crippen LogP contribution in [0.4, 0.5) is 5.69 Å². The maximum Gasteiger partial charge on any atom is 0.266 e. The molecule has 1 amide bonds. The van der Waals surface area contributed by atoms with Crippen LogP contribution in [0.1, 0.15) is 22.3 Å². The van der Waals surface area contributed by atoms with Gasteiger partial charge in [-0.3, -0.25) is 4.79 Å². The fourth-order valence-electron chi connectivity index (χ4n) is 2.82. The van der Waals surface area contributed by atoms with Gasteiger partial charge in [0.05, 0.1) is 7.11 Å². The SMILES string of the molecule is COc1cc(C=C(C#N)C(=O)Nc2c(C)cc(C)cc2C)ccc1SC. The van der Waals surface area contributed by atoms with Crippen LogP contribution < -0.4 is 10.1 Å². The van der Waals surface area contributed by atoms with E-state index in [0.717, 1.165) is 32.8 Å². The van der Waals surface area contributed by atoms with Crippen molar-refractivity contribution in [3.05, 3.63) is 58.2 Å². The van der Waals surface area contributed by atoms with E-state index in [1.807, 2.05) is 63.4 Å². The molecular formula is C21H22N2O2S. The number of amides is 1. The fourth-order valence-corrected chi connectivity index (χ4v) is 3.36. The van der Waals surface area contributed by atoms with Crippen molar-refractivity contribution in [1.82, 2.24) is 0 Å². The van der Waals surface area contributed by atoms with Crippen molar-refractivity contribution >= 4 is 29.4 Å². The highest BCUT2D eigenvalue weighted by atomic mass is 32.2. The first-order valence-electron chi connectivity index (χ1n) is 8.12. The molecule has 0 bridgehead atoms. The highest BCUT2D eigenvalue weighted by molar-refractivity contribution is 7.98. The standard InChI is InChI=1S/C21H22N2O2S/c1-13-8-14(2)20(15(3)9-13)23-21(24)17(12-22)10-16-6-7-19(26-5)18(11-16)25-4/h6-11H,1-5H3,(H,23,24). The molecule has 0 saturated carbocycles. The highest BCUT2D eigenvalue weighted by Gasteiger charge is 2.13. The summed E-state index contributed by atoms with van der Waals surface area (Å²) in [4.78, 5) is 13.6. The van der Waals surface area contributed by atoms with Gasteiger partial charge in [-0.25, -0.2) is 0 Å². The van der Waals surface area contributed by atoms with Crippen LogP contribution in [0, 0.1) is 32.1 Å². The maximum absolute atomic E-state index is 12.6. The Labute approximate surface area is 158 Å². The number of hydrogen-bond donors (Lipinski definition) is 1. The third kappa shape index (κ3) is 4.47. The van der Waals surface area contributed by atoms with Crippen molar-refractivity contribution in [2.24, 2.45) is 0 Å². The number of nitrogens with zero attached hydrogens (tertiary/aromatic N) is 1. The molecule has 1 N–H and O–H groups in total. The first-order chi connectivity index (χ1) is 12.4. The molecule has 0 atom stereocenters. The number of ether oxygens (including phenoxy) is 1. The number of rotatable bonds is 5. The number of methoxy groups -OCH3 is 1. The van der Waals surface area contributed by atoms with Gasteiger partial charge in [-0.1, -0.05) is 23.8 Å². The number of benzene rings is 2. The van der Waals surface area contributed by atoms with Gasteiger partial charge in [0.1, 0.15) is 17.4 Å². The minimum absolute atomic E-state index is 0.0447. The summed E-state index contributed by atoms with van der Waals surface area (Å²) in [5.41, 5.74) is 4.61. The van der Waals surface area contributed by atoms with E-state index in [1.54, 1.807) is 24.9 Å². The lowest BCUT2D eigenvalue weighted by Crippen LogP contribution is -2.15. The average molecular weight is 366 g/mol. The van der Waals surface area contributed by atoms with Gasteiger partial charge >= 0.3 is 0 Å². The summed E-state index contributed by atoms with van der Waals surface area (Å²) in [7, 11) is 1.60. The predicted molar refractivity (Wildman–Crippen MR) is 108 cm³/mol. The minimum atomic E-state index is -0.421. The zero-order valence-electron chi connectivity index (χ0n) is 15.6. The van der Waals surface area contributed by atoms with E-state index in [0.29, 0.717) is 5.75 Å². The molecular weight excluding hydrogens is 344 g/mol. The third-order valence-corrected chi connectivity index (χ3v) is 4.78. The largest absolute Gasteiger partial charge is 0.496 e. The zero-order valence-corrected chi connectivity index (χ0v) is 16.5. The summed E-state index contributed by atoms with van der Waals surface area (Å²) in [6.07, 6.45) is 3.54. The second kappa shape index (κ2) is 8.59. The Morgan fingerprint density at radius 2 is 1.85 bits per heavy atom. The van der Waals surface area contributed by atoms with Crippen LogP contribution >= 0.6 is 11.8 Å². The second-order valence-corrected chi connectivity index (χ2v) is 6.86. The molecule has 5 heteroatoms. The van der Waals surface area contributed by atoms with E-state index in [9.17, 15) is 10.1 Å². The summed E-state index contributed by atoms with van der Waals surface area (Å²) in [5, 5.41) is 12.3. The molecule has 26 heavy (non-hydrogen) atoms. The molecule has 0 aliphatic rings. The van der Waals surface area contributed by atoms with E-state index >= 15 is 0 Å². The maximum atomic E-state index is 12.6. The Morgan fingerprint density at radius 1 is 1.19 bits per heavy atom. The number of thioether (sulfide) groups is 1. The summed E-state index contributed by atoms with van der Waals surface area (Å²) in [5.74, 6) is 0.296. The van der Waals surface area contributed by atoms with Crippen LogP contribution in [0.25, 0.3) is 6.08 Å². The van der Waals surface area contributed by atoms with E-state index < -0.39 is 5.91 Å². The molecule has 0 heterocycles. The second-order valence-electron chi connectivity index (χ2n) is 6.01. The van der Waals surface area contributed by atoms with Crippen molar-refractivity contribution < 1.29 is 9.53 Å². The molecule has 0 unspecified atom stereocenters. The monoisotopic (exact) mass is 366 g/mol. The lowest BCUT2D eigenvalue weighted by atomic mass is 10.0. The van der Waals surface area contributed by atoms with Gasteiger partial charge in [-0.2, -0.15) is 5.26 Å². The number of nitriles is 1. The summed E-state index contributed by atoms with van der Waals surface area (Å²) in [6, 6.07) is 11.6. The van der Waals surface area contributed by atoms with Crippen LogP contribution in [0.2, 0.25) is 0 Å².